The number of benzene rings is 3. The second-order valence-corrected chi connectivity index (χ2v) is 11.7. The molecule has 220 valence electrons. The smallest absolute Gasteiger partial charge is 0.264 e. The van der Waals surface area contributed by atoms with E-state index in [-0.39, 0.29) is 29.5 Å². The summed E-state index contributed by atoms with van der Waals surface area (Å²) in [5, 5.41) is 3.43. The van der Waals surface area contributed by atoms with Crippen molar-refractivity contribution >= 4 is 50.7 Å². The lowest BCUT2D eigenvalue weighted by Crippen LogP contribution is -2.52. The molecule has 0 heterocycles. The molecule has 3 aromatic carbocycles. The van der Waals surface area contributed by atoms with Crippen molar-refractivity contribution in [2.45, 2.75) is 44.7 Å². The quantitative estimate of drug-likeness (QED) is 0.265. The SMILES string of the molecule is CCNC(=O)C(CC)N(Cc1ccc(Cl)cc1Cl)C(=O)CN(c1ccc(OCC)cc1)S(=O)(=O)c1ccc(F)cc1. The number of amides is 2. The average Bonchev–Trinajstić information content (AvgIpc) is 2.93. The van der Waals surface area contributed by atoms with Crippen molar-refractivity contribution in [3.63, 3.8) is 0 Å². The molecule has 0 aliphatic rings. The zero-order valence-corrected chi connectivity index (χ0v) is 25.3. The van der Waals surface area contributed by atoms with Gasteiger partial charge in [0, 0.05) is 23.1 Å². The van der Waals surface area contributed by atoms with Crippen LogP contribution in [0.15, 0.2) is 71.6 Å². The van der Waals surface area contributed by atoms with Gasteiger partial charge in [0.1, 0.15) is 24.2 Å². The number of nitrogens with zero attached hydrogens (tertiary/aromatic N) is 2. The minimum Gasteiger partial charge on any atom is -0.494 e. The second kappa shape index (κ2) is 14.5. The van der Waals surface area contributed by atoms with Gasteiger partial charge >= 0.3 is 0 Å². The lowest BCUT2D eigenvalue weighted by molar-refractivity contribution is -0.140. The van der Waals surface area contributed by atoms with E-state index >= 15 is 0 Å². The van der Waals surface area contributed by atoms with Crippen LogP contribution in [0.25, 0.3) is 0 Å². The van der Waals surface area contributed by atoms with Crippen molar-refractivity contribution in [1.29, 1.82) is 0 Å². The van der Waals surface area contributed by atoms with Crippen LogP contribution in [-0.2, 0) is 26.2 Å². The van der Waals surface area contributed by atoms with E-state index in [1.165, 1.54) is 23.1 Å². The first-order chi connectivity index (χ1) is 19.5. The van der Waals surface area contributed by atoms with Gasteiger partial charge in [-0.05, 0) is 86.5 Å². The first kappa shape index (κ1) is 32.2. The maximum absolute atomic E-state index is 14.0. The van der Waals surface area contributed by atoms with Gasteiger partial charge in [-0.3, -0.25) is 13.9 Å². The van der Waals surface area contributed by atoms with Crippen molar-refractivity contribution in [2.24, 2.45) is 0 Å². The highest BCUT2D eigenvalue weighted by Crippen LogP contribution is 2.28. The van der Waals surface area contributed by atoms with E-state index in [1.54, 1.807) is 38.1 Å². The maximum Gasteiger partial charge on any atom is 0.264 e. The Balaban J connectivity index is 2.08. The molecule has 0 spiro atoms. The number of rotatable bonds is 13. The number of carbonyl (C=O) groups is 2. The first-order valence-corrected chi connectivity index (χ1v) is 15.2. The molecule has 41 heavy (non-hydrogen) atoms. The predicted molar refractivity (Wildman–Crippen MR) is 158 cm³/mol. The first-order valence-electron chi connectivity index (χ1n) is 13.0. The monoisotopic (exact) mass is 623 g/mol. The molecule has 3 aromatic rings. The van der Waals surface area contributed by atoms with Crippen LogP contribution in [0.2, 0.25) is 10.0 Å². The summed E-state index contributed by atoms with van der Waals surface area (Å²) >= 11 is 12.5. The highest BCUT2D eigenvalue weighted by Gasteiger charge is 2.34. The molecular weight excluding hydrogens is 592 g/mol. The Morgan fingerprint density at radius 3 is 2.20 bits per heavy atom. The fourth-order valence-electron chi connectivity index (χ4n) is 4.18. The molecule has 0 radical (unpaired) electrons. The predicted octanol–water partition coefficient (Wildman–Crippen LogP) is 5.67. The standard InChI is InChI=1S/C29H32Cl2FN3O5S/c1-4-27(29(37)33-5-2)34(18-20-7-8-21(30)17-26(20)31)28(36)19-35(23-11-13-24(14-12-23)40-6-3)41(38,39)25-15-9-22(32)10-16-25/h7-17,27H,4-6,18-19H2,1-3H3,(H,33,37). The van der Waals surface area contributed by atoms with E-state index in [0.717, 1.165) is 28.6 Å². The van der Waals surface area contributed by atoms with Crippen LogP contribution < -0.4 is 14.4 Å². The molecule has 2 amide bonds. The Hall–Kier alpha value is -3.34. The molecule has 1 unspecified atom stereocenters. The molecule has 0 aliphatic carbocycles. The number of hydrogen-bond acceptors (Lipinski definition) is 5. The number of likely N-dealkylation sites (N-methyl/N-ethyl adjacent to an activating group) is 1. The lowest BCUT2D eigenvalue weighted by Gasteiger charge is -2.33. The summed E-state index contributed by atoms with van der Waals surface area (Å²) in [6, 6.07) is 14.4. The Morgan fingerprint density at radius 1 is 0.976 bits per heavy atom. The zero-order valence-electron chi connectivity index (χ0n) is 22.9. The maximum atomic E-state index is 14.0. The van der Waals surface area contributed by atoms with Crippen LogP contribution in [0.4, 0.5) is 10.1 Å². The van der Waals surface area contributed by atoms with Crippen LogP contribution in [-0.4, -0.2) is 50.9 Å². The van der Waals surface area contributed by atoms with Gasteiger partial charge in [0.05, 0.1) is 17.2 Å². The number of hydrogen-bond donors (Lipinski definition) is 1. The van der Waals surface area contributed by atoms with Gasteiger partial charge in [0.25, 0.3) is 10.0 Å². The second-order valence-electron chi connectivity index (χ2n) is 8.97. The topological polar surface area (TPSA) is 96.0 Å². The lowest BCUT2D eigenvalue weighted by atomic mass is 10.1. The van der Waals surface area contributed by atoms with E-state index in [2.05, 4.69) is 5.32 Å². The third kappa shape index (κ3) is 8.12. The number of nitrogens with one attached hydrogen (secondary N) is 1. The summed E-state index contributed by atoms with van der Waals surface area (Å²) in [5.74, 6) is -1.12. The van der Waals surface area contributed by atoms with Gasteiger partial charge in [-0.1, -0.05) is 36.2 Å². The van der Waals surface area contributed by atoms with Gasteiger partial charge in [-0.2, -0.15) is 0 Å². The van der Waals surface area contributed by atoms with Crippen molar-refractivity contribution in [3.05, 3.63) is 88.2 Å². The van der Waals surface area contributed by atoms with Crippen LogP contribution in [0.3, 0.4) is 0 Å². The van der Waals surface area contributed by atoms with Crippen molar-refractivity contribution in [1.82, 2.24) is 10.2 Å². The summed E-state index contributed by atoms with van der Waals surface area (Å²) in [7, 11) is -4.34. The molecule has 0 saturated carbocycles. The van der Waals surface area contributed by atoms with Crippen LogP contribution in [0.1, 0.15) is 32.8 Å². The molecule has 8 nitrogen and oxygen atoms in total. The van der Waals surface area contributed by atoms with Gasteiger partial charge in [-0.15, -0.1) is 0 Å². The Morgan fingerprint density at radius 2 is 1.63 bits per heavy atom. The van der Waals surface area contributed by atoms with Crippen LogP contribution in [0, 0.1) is 5.82 Å². The number of anilines is 1. The molecule has 0 fully saturated rings. The molecule has 0 saturated heterocycles. The Labute approximate surface area is 250 Å². The number of halogens is 3. The summed E-state index contributed by atoms with van der Waals surface area (Å²) < 4.78 is 47.7. The van der Waals surface area contributed by atoms with E-state index < -0.39 is 34.3 Å². The van der Waals surface area contributed by atoms with Gasteiger partial charge in [-0.25, -0.2) is 12.8 Å². The van der Waals surface area contributed by atoms with E-state index in [1.807, 2.05) is 6.92 Å². The average molecular weight is 625 g/mol. The summed E-state index contributed by atoms with van der Waals surface area (Å²) in [4.78, 5) is 28.1. The fourth-order valence-corrected chi connectivity index (χ4v) is 6.07. The fraction of sp³-hybridized carbons (Fsp3) is 0.310. The van der Waals surface area contributed by atoms with Crippen molar-refractivity contribution in [2.75, 3.05) is 24.0 Å². The number of carbonyl (C=O) groups excluding carboxylic acids is 2. The minimum absolute atomic E-state index is 0.0712. The molecule has 0 aromatic heterocycles. The minimum atomic E-state index is -4.34. The van der Waals surface area contributed by atoms with E-state index in [9.17, 15) is 22.4 Å². The zero-order chi connectivity index (χ0) is 30.2. The third-order valence-corrected chi connectivity index (χ3v) is 8.58. The van der Waals surface area contributed by atoms with Crippen molar-refractivity contribution < 1.29 is 27.1 Å². The molecule has 1 N–H and O–H groups in total. The Kier molecular flexibility index (Phi) is 11.4. The van der Waals surface area contributed by atoms with Crippen LogP contribution in [0.5, 0.6) is 5.75 Å². The van der Waals surface area contributed by atoms with E-state index in [0.29, 0.717) is 34.5 Å². The van der Waals surface area contributed by atoms with Gasteiger partial charge < -0.3 is 15.0 Å². The molecule has 12 heteroatoms. The summed E-state index contributed by atoms with van der Waals surface area (Å²) in [6.07, 6.45) is 0.260. The third-order valence-electron chi connectivity index (χ3n) is 6.21. The molecule has 1 atom stereocenters. The molecule has 3 rings (SSSR count). The normalized spacial score (nSPS) is 12.0. The highest BCUT2D eigenvalue weighted by molar-refractivity contribution is 7.92. The molecule has 0 bridgehead atoms. The number of ether oxygens (including phenoxy) is 1. The molecular formula is C29H32Cl2FN3O5S. The van der Waals surface area contributed by atoms with Crippen LogP contribution >= 0.6 is 23.2 Å². The highest BCUT2D eigenvalue weighted by atomic mass is 35.5. The van der Waals surface area contributed by atoms with Gasteiger partial charge in [0.15, 0.2) is 0 Å². The summed E-state index contributed by atoms with van der Waals surface area (Å²) in [5.41, 5.74) is 0.711. The van der Waals surface area contributed by atoms with Crippen molar-refractivity contribution in [3.8, 4) is 5.75 Å². The van der Waals surface area contributed by atoms with Gasteiger partial charge in [0.2, 0.25) is 11.8 Å². The Bertz CT molecular complexity index is 1450. The van der Waals surface area contributed by atoms with E-state index in [4.69, 9.17) is 27.9 Å². The largest absolute Gasteiger partial charge is 0.494 e. The summed E-state index contributed by atoms with van der Waals surface area (Å²) in [6.45, 7) is 5.37. The molecule has 0 aliphatic heterocycles. The number of sulfonamides is 1.